The summed E-state index contributed by atoms with van der Waals surface area (Å²) in [5.74, 6) is -0.199. The number of nitrogens with zero attached hydrogens (tertiary/aromatic N) is 1. The molecule has 0 radical (unpaired) electrons. The van der Waals surface area contributed by atoms with Gasteiger partial charge >= 0.3 is 11.7 Å². The van der Waals surface area contributed by atoms with Gasteiger partial charge in [-0.15, -0.1) is 0 Å². The highest BCUT2D eigenvalue weighted by Gasteiger charge is 2.22. The van der Waals surface area contributed by atoms with Crippen molar-refractivity contribution in [1.82, 2.24) is 0 Å². The summed E-state index contributed by atoms with van der Waals surface area (Å²) >= 11 is 9.11. The lowest BCUT2D eigenvalue weighted by molar-refractivity contribution is -0.384. The van der Waals surface area contributed by atoms with E-state index in [0.717, 1.165) is 0 Å². The Morgan fingerprint density at radius 2 is 1.96 bits per heavy atom. The fourth-order valence-corrected chi connectivity index (χ4v) is 2.78. The van der Waals surface area contributed by atoms with E-state index in [1.807, 2.05) is 0 Å². The second-order valence-corrected chi connectivity index (χ2v) is 5.86. The van der Waals surface area contributed by atoms with Crippen LogP contribution in [0.1, 0.15) is 10.4 Å². The van der Waals surface area contributed by atoms with Crippen molar-refractivity contribution >= 4 is 50.6 Å². The van der Waals surface area contributed by atoms with Crippen molar-refractivity contribution in [1.29, 1.82) is 0 Å². The van der Waals surface area contributed by atoms with E-state index in [-0.39, 0.29) is 27.1 Å². The maximum Gasteiger partial charge on any atom is 0.339 e. The van der Waals surface area contributed by atoms with Crippen LogP contribution in [0.4, 0.5) is 17.1 Å². The second-order valence-electron chi connectivity index (χ2n) is 4.57. The van der Waals surface area contributed by atoms with Gasteiger partial charge in [0, 0.05) is 17.2 Å². The van der Waals surface area contributed by atoms with E-state index in [1.165, 1.54) is 44.6 Å². The van der Waals surface area contributed by atoms with Crippen LogP contribution in [0, 0.1) is 10.1 Å². The molecule has 0 bridgehead atoms. The molecular formula is C15H12BrClN2O5. The van der Waals surface area contributed by atoms with Gasteiger partial charge in [0.25, 0.3) is 0 Å². The van der Waals surface area contributed by atoms with E-state index in [9.17, 15) is 14.9 Å². The molecule has 0 fully saturated rings. The number of ether oxygens (including phenoxy) is 2. The lowest BCUT2D eigenvalue weighted by Crippen LogP contribution is -2.07. The van der Waals surface area contributed by atoms with Gasteiger partial charge in [-0.05, 0) is 34.1 Å². The van der Waals surface area contributed by atoms with Crippen LogP contribution in [0.2, 0.25) is 5.02 Å². The predicted octanol–water partition coefficient (Wildman–Crippen LogP) is 4.55. The van der Waals surface area contributed by atoms with Crippen molar-refractivity contribution in [2.75, 3.05) is 19.5 Å². The Hall–Kier alpha value is -2.32. The minimum Gasteiger partial charge on any atom is -0.497 e. The Labute approximate surface area is 150 Å². The fraction of sp³-hybridized carbons (Fsp3) is 0.133. The first kappa shape index (κ1) is 18.0. The van der Waals surface area contributed by atoms with E-state index in [0.29, 0.717) is 10.8 Å². The molecule has 0 unspecified atom stereocenters. The molecule has 0 spiro atoms. The van der Waals surface area contributed by atoms with E-state index < -0.39 is 10.9 Å². The van der Waals surface area contributed by atoms with Crippen LogP contribution in [-0.2, 0) is 4.74 Å². The summed E-state index contributed by atoms with van der Waals surface area (Å²) in [6, 6.07) is 7.39. The molecule has 0 saturated heterocycles. The van der Waals surface area contributed by atoms with Gasteiger partial charge in [-0.25, -0.2) is 4.79 Å². The Morgan fingerprint density at radius 1 is 1.25 bits per heavy atom. The lowest BCUT2D eigenvalue weighted by atomic mass is 10.1. The minimum absolute atomic E-state index is 0.138. The summed E-state index contributed by atoms with van der Waals surface area (Å²) in [4.78, 5) is 22.7. The number of nitro groups is 1. The molecule has 0 aliphatic heterocycles. The van der Waals surface area contributed by atoms with Crippen molar-refractivity contribution < 1.29 is 19.2 Å². The Balaban J connectivity index is 2.59. The predicted molar refractivity (Wildman–Crippen MR) is 93.4 cm³/mol. The van der Waals surface area contributed by atoms with Gasteiger partial charge in [0.2, 0.25) is 0 Å². The largest absolute Gasteiger partial charge is 0.497 e. The zero-order valence-corrected chi connectivity index (χ0v) is 15.0. The van der Waals surface area contributed by atoms with Gasteiger partial charge in [0.15, 0.2) is 0 Å². The van der Waals surface area contributed by atoms with Crippen LogP contribution in [-0.4, -0.2) is 25.1 Å². The minimum atomic E-state index is -0.598. The number of esters is 1. The number of carbonyl (C=O) groups is 1. The summed E-state index contributed by atoms with van der Waals surface area (Å²) < 4.78 is 10.1. The lowest BCUT2D eigenvalue weighted by Gasteiger charge is -2.13. The van der Waals surface area contributed by atoms with E-state index in [4.69, 9.17) is 21.1 Å². The Kier molecular flexibility index (Phi) is 5.63. The third kappa shape index (κ3) is 3.77. The molecule has 9 heteroatoms. The van der Waals surface area contributed by atoms with Gasteiger partial charge < -0.3 is 14.8 Å². The summed E-state index contributed by atoms with van der Waals surface area (Å²) in [6.45, 7) is 0. The standard InChI is InChI=1S/C15H12BrClN2O5/c1-23-9-6-11(16)14(19(21)22)13(7-9)18-12-5-8(17)3-4-10(12)15(20)24-2/h3-7,18H,1-2H3. The van der Waals surface area contributed by atoms with Crippen LogP contribution in [0.3, 0.4) is 0 Å². The van der Waals surface area contributed by atoms with Crippen molar-refractivity contribution in [3.8, 4) is 5.75 Å². The number of hydrogen-bond acceptors (Lipinski definition) is 6. The number of halogens is 2. The molecule has 126 valence electrons. The molecule has 0 saturated carbocycles. The summed E-state index contributed by atoms with van der Waals surface area (Å²) in [7, 11) is 2.68. The first-order chi connectivity index (χ1) is 11.4. The van der Waals surface area contributed by atoms with Crippen LogP contribution in [0.15, 0.2) is 34.8 Å². The van der Waals surface area contributed by atoms with Crippen molar-refractivity contribution in [2.45, 2.75) is 0 Å². The van der Waals surface area contributed by atoms with Crippen LogP contribution < -0.4 is 10.1 Å². The van der Waals surface area contributed by atoms with Gasteiger partial charge in [-0.2, -0.15) is 0 Å². The number of benzene rings is 2. The third-order valence-corrected chi connectivity index (χ3v) is 3.95. The van der Waals surface area contributed by atoms with Crippen molar-refractivity contribution in [3.05, 3.63) is 55.5 Å². The maximum absolute atomic E-state index is 11.9. The van der Waals surface area contributed by atoms with Crippen LogP contribution in [0.25, 0.3) is 0 Å². The first-order valence-corrected chi connectivity index (χ1v) is 7.71. The molecule has 0 aliphatic carbocycles. The molecule has 0 amide bonds. The van der Waals surface area contributed by atoms with E-state index >= 15 is 0 Å². The smallest absolute Gasteiger partial charge is 0.339 e. The highest BCUT2D eigenvalue weighted by Crippen LogP contribution is 2.39. The van der Waals surface area contributed by atoms with Crippen LogP contribution in [0.5, 0.6) is 5.75 Å². The number of anilines is 2. The molecule has 7 nitrogen and oxygen atoms in total. The zero-order valence-electron chi connectivity index (χ0n) is 12.6. The van der Waals surface area contributed by atoms with Gasteiger partial charge in [-0.1, -0.05) is 11.6 Å². The van der Waals surface area contributed by atoms with Crippen molar-refractivity contribution in [3.63, 3.8) is 0 Å². The molecule has 24 heavy (non-hydrogen) atoms. The van der Waals surface area contributed by atoms with Gasteiger partial charge in [0.05, 0.1) is 30.4 Å². The molecule has 0 aliphatic rings. The average molecular weight is 416 g/mol. The summed E-state index contributed by atoms with van der Waals surface area (Å²) in [5, 5.41) is 14.6. The highest BCUT2D eigenvalue weighted by atomic mass is 79.9. The van der Waals surface area contributed by atoms with E-state index in [1.54, 1.807) is 0 Å². The van der Waals surface area contributed by atoms with Gasteiger partial charge in [0.1, 0.15) is 15.9 Å². The molecule has 2 aromatic carbocycles. The fourth-order valence-electron chi connectivity index (χ4n) is 2.03. The molecule has 2 rings (SSSR count). The quantitative estimate of drug-likeness (QED) is 0.438. The number of nitro benzene ring substituents is 1. The summed E-state index contributed by atoms with van der Waals surface area (Å²) in [5.41, 5.74) is 0.401. The third-order valence-electron chi connectivity index (χ3n) is 3.11. The monoisotopic (exact) mass is 414 g/mol. The average Bonchev–Trinajstić information content (AvgIpc) is 2.53. The first-order valence-electron chi connectivity index (χ1n) is 6.54. The number of hydrogen-bond donors (Lipinski definition) is 1. The SMILES string of the molecule is COC(=O)c1ccc(Cl)cc1Nc1cc(OC)cc(Br)c1[N+](=O)[O-]. The van der Waals surface area contributed by atoms with E-state index in [2.05, 4.69) is 21.2 Å². The van der Waals surface area contributed by atoms with Crippen LogP contribution >= 0.6 is 27.5 Å². The molecule has 1 N–H and O–H groups in total. The normalized spacial score (nSPS) is 10.2. The highest BCUT2D eigenvalue weighted by molar-refractivity contribution is 9.10. The number of nitrogens with one attached hydrogen (secondary N) is 1. The molecule has 0 aromatic heterocycles. The Bertz CT molecular complexity index is 813. The molecule has 0 atom stereocenters. The zero-order chi connectivity index (χ0) is 17.9. The maximum atomic E-state index is 11.9. The summed E-state index contributed by atoms with van der Waals surface area (Å²) in [6.07, 6.45) is 0. The van der Waals surface area contributed by atoms with Crippen molar-refractivity contribution in [2.24, 2.45) is 0 Å². The number of carbonyl (C=O) groups excluding carboxylic acids is 1. The number of rotatable bonds is 5. The topological polar surface area (TPSA) is 90.7 Å². The second kappa shape index (κ2) is 7.50. The number of methoxy groups -OCH3 is 2. The van der Waals surface area contributed by atoms with Gasteiger partial charge in [-0.3, -0.25) is 10.1 Å². The molecular weight excluding hydrogens is 404 g/mol. The molecule has 0 heterocycles. The Morgan fingerprint density at radius 3 is 2.54 bits per heavy atom. The molecule has 2 aromatic rings.